The van der Waals surface area contributed by atoms with Crippen LogP contribution in [0.15, 0.2) is 6.07 Å². The Bertz CT molecular complexity index is 459. The smallest absolute Gasteiger partial charge is 0.262 e. The Morgan fingerprint density at radius 1 is 1.59 bits per heavy atom. The molecule has 1 amide bonds. The van der Waals surface area contributed by atoms with Crippen LogP contribution in [-0.4, -0.2) is 11.4 Å². The summed E-state index contributed by atoms with van der Waals surface area (Å²) in [5.74, 6) is -0.330. The lowest BCUT2D eigenvalue weighted by Gasteiger charge is -2.26. The van der Waals surface area contributed by atoms with Crippen molar-refractivity contribution < 1.29 is 4.79 Å². The predicted molar refractivity (Wildman–Crippen MR) is 70.7 cm³/mol. The topological polar surface area (TPSA) is 52.9 Å². The van der Waals surface area contributed by atoms with Crippen molar-refractivity contribution >= 4 is 40.4 Å². The molecule has 1 heterocycles. The quantitative estimate of drug-likeness (QED) is 0.922. The first-order valence-corrected chi connectivity index (χ1v) is 6.56. The third kappa shape index (κ3) is 3.12. The van der Waals surface area contributed by atoms with Gasteiger partial charge in [-0.25, -0.2) is 0 Å². The molecule has 1 atom stereocenters. The molecule has 0 bridgehead atoms. The van der Waals surface area contributed by atoms with Gasteiger partial charge in [-0.15, -0.1) is 11.3 Å². The number of hydrogen-bond donors (Lipinski definition) is 1. The van der Waals surface area contributed by atoms with Crippen LogP contribution in [0.25, 0.3) is 0 Å². The molecule has 6 heteroatoms. The second-order valence-corrected chi connectivity index (χ2v) is 6.22. The van der Waals surface area contributed by atoms with Gasteiger partial charge in [0.2, 0.25) is 0 Å². The van der Waals surface area contributed by atoms with Crippen LogP contribution in [-0.2, 0) is 0 Å². The first-order chi connectivity index (χ1) is 7.80. The van der Waals surface area contributed by atoms with Crippen molar-refractivity contribution in [3.05, 3.63) is 20.3 Å². The van der Waals surface area contributed by atoms with Gasteiger partial charge >= 0.3 is 0 Å². The molecule has 92 valence electrons. The van der Waals surface area contributed by atoms with Crippen molar-refractivity contribution in [1.29, 1.82) is 5.26 Å². The van der Waals surface area contributed by atoms with Gasteiger partial charge in [0.05, 0.1) is 16.0 Å². The van der Waals surface area contributed by atoms with Crippen LogP contribution in [0.3, 0.4) is 0 Å². The van der Waals surface area contributed by atoms with Crippen molar-refractivity contribution in [3.8, 4) is 6.07 Å². The fourth-order valence-corrected chi connectivity index (χ4v) is 2.32. The van der Waals surface area contributed by atoms with Gasteiger partial charge < -0.3 is 5.32 Å². The molecule has 3 nitrogen and oxygen atoms in total. The van der Waals surface area contributed by atoms with Crippen LogP contribution in [0.4, 0.5) is 0 Å². The number of hydrogen-bond acceptors (Lipinski definition) is 3. The van der Waals surface area contributed by atoms with Crippen molar-refractivity contribution in [2.24, 2.45) is 5.92 Å². The van der Waals surface area contributed by atoms with Crippen molar-refractivity contribution in [1.82, 2.24) is 5.32 Å². The number of rotatable bonds is 3. The van der Waals surface area contributed by atoms with Crippen molar-refractivity contribution in [3.63, 3.8) is 0 Å². The van der Waals surface area contributed by atoms with E-state index in [-0.39, 0.29) is 11.8 Å². The molecule has 0 aliphatic carbocycles. The molecule has 1 rings (SSSR count). The molecule has 0 saturated carbocycles. The Kier molecular flexibility index (Phi) is 4.42. The Labute approximate surface area is 114 Å². The normalized spacial score (nSPS) is 14.2. The molecule has 1 aromatic heterocycles. The second kappa shape index (κ2) is 5.26. The molecular formula is C11H12Cl2N2OS. The largest absolute Gasteiger partial charge is 0.333 e. The average molecular weight is 291 g/mol. The van der Waals surface area contributed by atoms with E-state index in [1.54, 1.807) is 6.92 Å². The first-order valence-electron chi connectivity index (χ1n) is 4.98. The van der Waals surface area contributed by atoms with Crippen LogP contribution in [0.1, 0.15) is 30.4 Å². The zero-order valence-electron chi connectivity index (χ0n) is 9.67. The molecule has 1 unspecified atom stereocenters. The maximum absolute atomic E-state index is 11.9. The third-order valence-electron chi connectivity index (χ3n) is 2.63. The predicted octanol–water partition coefficient (Wildman–Crippen LogP) is 3.72. The number of amides is 1. The molecule has 0 radical (unpaired) electrons. The minimum absolute atomic E-state index is 0.00218. The molecule has 0 fully saturated rings. The first kappa shape index (κ1) is 14.3. The highest BCUT2D eigenvalue weighted by molar-refractivity contribution is 7.18. The van der Waals surface area contributed by atoms with E-state index in [2.05, 4.69) is 11.4 Å². The molecule has 0 aliphatic rings. The summed E-state index contributed by atoms with van der Waals surface area (Å²) in [6, 6.07) is 3.61. The Balaban J connectivity index is 2.90. The number of nitriles is 1. The molecule has 0 spiro atoms. The van der Waals surface area contributed by atoms with E-state index in [9.17, 15) is 4.79 Å². The van der Waals surface area contributed by atoms with E-state index in [1.165, 1.54) is 6.07 Å². The summed E-state index contributed by atoms with van der Waals surface area (Å²) in [7, 11) is 0. The third-order valence-corrected chi connectivity index (χ3v) is 4.49. The summed E-state index contributed by atoms with van der Waals surface area (Å²) in [6.07, 6.45) is 0. The van der Waals surface area contributed by atoms with Gasteiger partial charge in [0.15, 0.2) is 0 Å². The summed E-state index contributed by atoms with van der Waals surface area (Å²) in [4.78, 5) is 12.3. The molecule has 17 heavy (non-hydrogen) atoms. The highest BCUT2D eigenvalue weighted by atomic mass is 35.5. The van der Waals surface area contributed by atoms with Gasteiger partial charge in [0.1, 0.15) is 9.88 Å². The molecular weight excluding hydrogens is 279 g/mol. The molecule has 1 aromatic rings. The molecule has 0 aromatic carbocycles. The maximum Gasteiger partial charge on any atom is 0.262 e. The summed E-state index contributed by atoms with van der Waals surface area (Å²) in [5.41, 5.74) is -0.903. The molecule has 0 aliphatic heterocycles. The van der Waals surface area contributed by atoms with Crippen LogP contribution in [0.5, 0.6) is 0 Å². The van der Waals surface area contributed by atoms with Crippen LogP contribution < -0.4 is 5.32 Å². The van der Waals surface area contributed by atoms with Gasteiger partial charge in [-0.05, 0) is 18.9 Å². The Hall–Kier alpha value is -0.760. The summed E-state index contributed by atoms with van der Waals surface area (Å²) < 4.78 is 0.375. The number of halogens is 2. The average Bonchev–Trinajstić information content (AvgIpc) is 2.59. The monoisotopic (exact) mass is 290 g/mol. The van der Waals surface area contributed by atoms with E-state index in [0.29, 0.717) is 14.2 Å². The lowest BCUT2D eigenvalue weighted by Crippen LogP contribution is -2.48. The minimum Gasteiger partial charge on any atom is -0.333 e. The number of nitrogens with zero attached hydrogens (tertiary/aromatic N) is 1. The van der Waals surface area contributed by atoms with Crippen LogP contribution in [0, 0.1) is 17.2 Å². The fourth-order valence-electron chi connectivity index (χ4n) is 1.06. The second-order valence-electron chi connectivity index (χ2n) is 4.16. The Morgan fingerprint density at radius 2 is 2.18 bits per heavy atom. The SMILES string of the molecule is CC(C)C(C)(C#N)NC(=O)c1cc(Cl)c(Cl)s1. The van der Waals surface area contributed by atoms with Gasteiger partial charge in [0.25, 0.3) is 5.91 Å². The minimum atomic E-state index is -0.903. The zero-order valence-corrected chi connectivity index (χ0v) is 12.0. The number of carbonyl (C=O) groups is 1. The van der Waals surface area contributed by atoms with Crippen molar-refractivity contribution in [2.45, 2.75) is 26.3 Å². The van der Waals surface area contributed by atoms with Crippen molar-refractivity contribution in [2.75, 3.05) is 0 Å². The van der Waals surface area contributed by atoms with Gasteiger partial charge in [-0.2, -0.15) is 5.26 Å². The highest BCUT2D eigenvalue weighted by Gasteiger charge is 2.31. The highest BCUT2D eigenvalue weighted by Crippen LogP contribution is 2.32. The lowest BCUT2D eigenvalue weighted by molar-refractivity contribution is 0.0912. The Morgan fingerprint density at radius 3 is 2.53 bits per heavy atom. The zero-order chi connectivity index (χ0) is 13.2. The number of nitrogens with one attached hydrogen (secondary N) is 1. The van der Waals surface area contributed by atoms with Crippen LogP contribution in [0.2, 0.25) is 9.36 Å². The fraction of sp³-hybridized carbons (Fsp3) is 0.455. The van der Waals surface area contributed by atoms with E-state index < -0.39 is 5.54 Å². The summed E-state index contributed by atoms with van der Waals surface area (Å²) >= 11 is 12.7. The van der Waals surface area contributed by atoms with Crippen LogP contribution >= 0.6 is 34.5 Å². The maximum atomic E-state index is 11.9. The van der Waals surface area contributed by atoms with E-state index in [4.69, 9.17) is 28.5 Å². The number of carbonyl (C=O) groups excluding carboxylic acids is 1. The van der Waals surface area contributed by atoms with E-state index >= 15 is 0 Å². The standard InChI is InChI=1S/C11H12Cl2N2OS/c1-6(2)11(3,5-14)15-10(16)8-4-7(12)9(13)17-8/h4,6H,1-3H3,(H,15,16). The van der Waals surface area contributed by atoms with E-state index in [0.717, 1.165) is 11.3 Å². The van der Waals surface area contributed by atoms with Gasteiger partial charge in [-0.1, -0.05) is 37.0 Å². The summed E-state index contributed by atoms with van der Waals surface area (Å²) in [6.45, 7) is 5.43. The molecule has 1 N–H and O–H groups in total. The lowest BCUT2D eigenvalue weighted by atomic mass is 9.90. The van der Waals surface area contributed by atoms with E-state index in [1.807, 2.05) is 13.8 Å². The molecule has 0 saturated heterocycles. The number of thiophene rings is 1. The van der Waals surface area contributed by atoms with Gasteiger partial charge in [-0.3, -0.25) is 4.79 Å². The van der Waals surface area contributed by atoms with Gasteiger partial charge in [0, 0.05) is 0 Å². The summed E-state index contributed by atoms with van der Waals surface area (Å²) in [5, 5.41) is 12.1.